The van der Waals surface area contributed by atoms with Crippen molar-refractivity contribution in [1.82, 2.24) is 10.3 Å². The van der Waals surface area contributed by atoms with Gasteiger partial charge in [-0.15, -0.1) is 0 Å². The fourth-order valence-corrected chi connectivity index (χ4v) is 2.63. The van der Waals surface area contributed by atoms with E-state index in [4.69, 9.17) is 0 Å². The largest absolute Gasteiger partial charge is 0.416 e. The SMILES string of the molecule is CNC(=O)c1cc(Nc2ccc(NC(=O)Nc3cccc(C(F)(F)F)c3)cc2)ccn1. The number of aromatic nitrogens is 1. The number of hydrogen-bond donors (Lipinski definition) is 4. The Morgan fingerprint density at radius 2 is 1.52 bits per heavy atom. The normalized spacial score (nSPS) is 10.8. The summed E-state index contributed by atoms with van der Waals surface area (Å²) in [7, 11) is 1.51. The van der Waals surface area contributed by atoms with Crippen LogP contribution in [-0.2, 0) is 6.18 Å². The molecular weight excluding hydrogens is 411 g/mol. The first-order valence-corrected chi connectivity index (χ1v) is 9.05. The van der Waals surface area contributed by atoms with Crippen molar-refractivity contribution in [2.45, 2.75) is 6.18 Å². The number of alkyl halides is 3. The maximum absolute atomic E-state index is 12.8. The van der Waals surface area contributed by atoms with Crippen molar-refractivity contribution in [3.8, 4) is 0 Å². The number of nitrogens with one attached hydrogen (secondary N) is 4. The van der Waals surface area contributed by atoms with Crippen molar-refractivity contribution in [2.24, 2.45) is 0 Å². The van der Waals surface area contributed by atoms with E-state index in [2.05, 4.69) is 26.3 Å². The number of carbonyl (C=O) groups excluding carboxylic acids is 2. The molecule has 7 nitrogen and oxygen atoms in total. The fraction of sp³-hybridized carbons (Fsp3) is 0.0952. The summed E-state index contributed by atoms with van der Waals surface area (Å²) in [5.74, 6) is -0.310. The first-order chi connectivity index (χ1) is 14.7. The molecule has 3 rings (SSSR count). The molecule has 1 aromatic heterocycles. The van der Waals surface area contributed by atoms with Crippen LogP contribution in [0.5, 0.6) is 0 Å². The minimum absolute atomic E-state index is 0.0234. The molecule has 3 aromatic rings. The number of rotatable bonds is 5. The molecular formula is C21H18F3N5O2. The Balaban J connectivity index is 1.61. The maximum Gasteiger partial charge on any atom is 0.416 e. The zero-order valence-electron chi connectivity index (χ0n) is 16.2. The minimum Gasteiger partial charge on any atom is -0.355 e. The van der Waals surface area contributed by atoms with Crippen LogP contribution < -0.4 is 21.3 Å². The molecule has 1 heterocycles. The molecule has 0 aliphatic carbocycles. The van der Waals surface area contributed by atoms with Crippen LogP contribution in [0.1, 0.15) is 16.1 Å². The second kappa shape index (κ2) is 9.16. The molecule has 0 spiro atoms. The molecule has 0 fully saturated rings. The molecule has 0 aliphatic rings. The molecule has 31 heavy (non-hydrogen) atoms. The number of halogens is 3. The van der Waals surface area contributed by atoms with Gasteiger partial charge in [0.25, 0.3) is 5.91 Å². The highest BCUT2D eigenvalue weighted by Gasteiger charge is 2.30. The third-order valence-corrected chi connectivity index (χ3v) is 4.10. The summed E-state index contributed by atoms with van der Waals surface area (Å²) in [6.07, 6.45) is -2.99. The predicted octanol–water partition coefficient (Wildman–Crippen LogP) is 4.85. The Morgan fingerprint density at radius 3 is 2.19 bits per heavy atom. The van der Waals surface area contributed by atoms with E-state index >= 15 is 0 Å². The zero-order chi connectivity index (χ0) is 22.4. The van der Waals surface area contributed by atoms with E-state index in [1.807, 2.05) is 0 Å². The maximum atomic E-state index is 12.8. The Bertz CT molecular complexity index is 1080. The summed E-state index contributed by atoms with van der Waals surface area (Å²) in [6.45, 7) is 0. The van der Waals surface area contributed by atoms with Crippen LogP contribution in [0.4, 0.5) is 40.7 Å². The molecule has 0 saturated heterocycles. The topological polar surface area (TPSA) is 95.2 Å². The molecule has 0 aliphatic heterocycles. The van der Waals surface area contributed by atoms with E-state index in [1.165, 1.54) is 25.4 Å². The summed E-state index contributed by atoms with van der Waals surface area (Å²) in [4.78, 5) is 27.7. The van der Waals surface area contributed by atoms with Crippen LogP contribution in [0.2, 0.25) is 0 Å². The van der Waals surface area contributed by atoms with Crippen molar-refractivity contribution in [1.29, 1.82) is 0 Å². The average Bonchev–Trinajstić information content (AvgIpc) is 2.74. The number of nitrogens with zero attached hydrogens (tertiary/aromatic N) is 1. The van der Waals surface area contributed by atoms with Gasteiger partial charge < -0.3 is 21.3 Å². The van der Waals surface area contributed by atoms with E-state index in [-0.39, 0.29) is 17.3 Å². The molecule has 0 unspecified atom stereocenters. The molecule has 0 atom stereocenters. The fourth-order valence-electron chi connectivity index (χ4n) is 2.63. The first kappa shape index (κ1) is 21.6. The number of anilines is 4. The van der Waals surface area contributed by atoms with Gasteiger partial charge in [0.15, 0.2) is 0 Å². The second-order valence-corrected chi connectivity index (χ2v) is 6.37. The monoisotopic (exact) mass is 429 g/mol. The Labute approximate surface area is 175 Å². The number of hydrogen-bond acceptors (Lipinski definition) is 4. The molecule has 3 amide bonds. The third-order valence-electron chi connectivity index (χ3n) is 4.10. The zero-order valence-corrected chi connectivity index (χ0v) is 16.2. The quantitative estimate of drug-likeness (QED) is 0.466. The number of benzene rings is 2. The number of pyridine rings is 1. The van der Waals surface area contributed by atoms with E-state index < -0.39 is 17.8 Å². The van der Waals surface area contributed by atoms with Gasteiger partial charge in [-0.05, 0) is 54.6 Å². The minimum atomic E-state index is -4.49. The van der Waals surface area contributed by atoms with Gasteiger partial charge in [-0.1, -0.05) is 6.07 Å². The van der Waals surface area contributed by atoms with Gasteiger partial charge in [0, 0.05) is 36.0 Å². The van der Waals surface area contributed by atoms with Gasteiger partial charge in [-0.2, -0.15) is 13.2 Å². The summed E-state index contributed by atoms with van der Waals surface area (Å²) < 4.78 is 38.3. The van der Waals surface area contributed by atoms with Crippen LogP contribution in [0.3, 0.4) is 0 Å². The lowest BCUT2D eigenvalue weighted by atomic mass is 10.2. The number of carbonyl (C=O) groups is 2. The number of amides is 3. The van der Waals surface area contributed by atoms with Crippen LogP contribution in [-0.4, -0.2) is 24.0 Å². The highest BCUT2D eigenvalue weighted by Crippen LogP contribution is 2.30. The molecule has 0 bridgehead atoms. The summed E-state index contributed by atoms with van der Waals surface area (Å²) in [6, 6.07) is 13.6. The molecule has 4 N–H and O–H groups in total. The number of urea groups is 1. The summed E-state index contributed by atoms with van der Waals surface area (Å²) in [5.41, 5.74) is 1.22. The first-order valence-electron chi connectivity index (χ1n) is 9.05. The van der Waals surface area contributed by atoms with E-state index in [0.717, 1.165) is 12.1 Å². The van der Waals surface area contributed by atoms with E-state index in [9.17, 15) is 22.8 Å². The third kappa shape index (κ3) is 5.95. The average molecular weight is 429 g/mol. The molecule has 160 valence electrons. The van der Waals surface area contributed by atoms with Crippen LogP contribution >= 0.6 is 0 Å². The Hall–Kier alpha value is -4.08. The molecule has 10 heteroatoms. The second-order valence-electron chi connectivity index (χ2n) is 6.37. The standard InChI is InChI=1S/C21H18F3N5O2/c1-25-19(30)18-12-17(9-10-26-18)27-14-5-7-15(8-6-14)28-20(31)29-16-4-2-3-13(11-16)21(22,23)24/h2-12H,1H3,(H,25,30)(H,26,27)(H2,28,29,31). The van der Waals surface area contributed by atoms with Crippen molar-refractivity contribution >= 4 is 34.7 Å². The van der Waals surface area contributed by atoms with Gasteiger partial charge in [0.2, 0.25) is 0 Å². The van der Waals surface area contributed by atoms with Crippen LogP contribution in [0.15, 0.2) is 66.9 Å². The molecule has 0 radical (unpaired) electrons. The lowest BCUT2D eigenvalue weighted by Crippen LogP contribution is -2.19. The lowest BCUT2D eigenvalue weighted by Gasteiger charge is -2.11. The van der Waals surface area contributed by atoms with Gasteiger partial charge in [-0.3, -0.25) is 9.78 Å². The van der Waals surface area contributed by atoms with Crippen molar-refractivity contribution in [3.05, 3.63) is 78.1 Å². The van der Waals surface area contributed by atoms with Crippen LogP contribution in [0, 0.1) is 0 Å². The predicted molar refractivity (Wildman–Crippen MR) is 111 cm³/mol. The van der Waals surface area contributed by atoms with E-state index in [0.29, 0.717) is 17.1 Å². The highest BCUT2D eigenvalue weighted by molar-refractivity contribution is 6.00. The molecule has 0 saturated carbocycles. The van der Waals surface area contributed by atoms with Crippen molar-refractivity contribution in [3.63, 3.8) is 0 Å². The van der Waals surface area contributed by atoms with E-state index in [1.54, 1.807) is 36.4 Å². The Kier molecular flexibility index (Phi) is 6.39. The lowest BCUT2D eigenvalue weighted by molar-refractivity contribution is -0.137. The molecule has 2 aromatic carbocycles. The highest BCUT2D eigenvalue weighted by atomic mass is 19.4. The van der Waals surface area contributed by atoms with Crippen molar-refractivity contribution in [2.75, 3.05) is 23.0 Å². The summed E-state index contributed by atoms with van der Waals surface area (Å²) in [5, 5.41) is 10.5. The Morgan fingerprint density at radius 1 is 0.839 bits per heavy atom. The smallest absolute Gasteiger partial charge is 0.355 e. The van der Waals surface area contributed by atoms with Gasteiger partial charge >= 0.3 is 12.2 Å². The van der Waals surface area contributed by atoms with Gasteiger partial charge in [-0.25, -0.2) is 4.79 Å². The summed E-state index contributed by atoms with van der Waals surface area (Å²) >= 11 is 0. The van der Waals surface area contributed by atoms with Gasteiger partial charge in [0.1, 0.15) is 5.69 Å². The van der Waals surface area contributed by atoms with Crippen LogP contribution in [0.25, 0.3) is 0 Å². The van der Waals surface area contributed by atoms with Gasteiger partial charge in [0.05, 0.1) is 5.56 Å². The van der Waals surface area contributed by atoms with Crippen molar-refractivity contribution < 1.29 is 22.8 Å².